The summed E-state index contributed by atoms with van der Waals surface area (Å²) in [5, 5.41) is 14.1. The Hall–Kier alpha value is -2.25. The summed E-state index contributed by atoms with van der Waals surface area (Å²) in [5.41, 5.74) is 2.39. The molecule has 3 aromatic rings. The van der Waals surface area contributed by atoms with E-state index in [9.17, 15) is 0 Å². The van der Waals surface area contributed by atoms with Crippen molar-refractivity contribution in [3.05, 3.63) is 52.1 Å². The number of benzene rings is 1. The molecule has 0 N–H and O–H groups in total. The van der Waals surface area contributed by atoms with Gasteiger partial charge in [0.15, 0.2) is 11.6 Å². The molecule has 1 aromatic carbocycles. The molecular formula is C21H25ClN6O. The second-order valence-corrected chi connectivity index (χ2v) is 8.54. The van der Waals surface area contributed by atoms with Crippen LogP contribution in [0.3, 0.4) is 0 Å². The molecule has 0 spiro atoms. The summed E-state index contributed by atoms with van der Waals surface area (Å²) < 4.78 is 7.45. The first kappa shape index (κ1) is 18.8. The third-order valence-electron chi connectivity index (χ3n) is 6.24. The number of fused-ring (bicyclic) bond motifs is 3. The van der Waals surface area contributed by atoms with E-state index in [2.05, 4.69) is 48.9 Å². The van der Waals surface area contributed by atoms with Gasteiger partial charge in [0, 0.05) is 30.3 Å². The fourth-order valence-electron chi connectivity index (χ4n) is 4.67. The summed E-state index contributed by atoms with van der Waals surface area (Å²) >= 11 is 6.31. The van der Waals surface area contributed by atoms with Crippen molar-refractivity contribution in [2.24, 2.45) is 0 Å². The van der Waals surface area contributed by atoms with E-state index in [0.717, 1.165) is 73.5 Å². The summed E-state index contributed by atoms with van der Waals surface area (Å²) in [4.78, 5) is 6.81. The summed E-state index contributed by atoms with van der Waals surface area (Å²) in [7, 11) is 0. The minimum Gasteiger partial charge on any atom is -0.340 e. The topological polar surface area (TPSA) is 72.9 Å². The van der Waals surface area contributed by atoms with Crippen LogP contribution in [0.15, 0.2) is 22.7 Å². The molecule has 0 saturated heterocycles. The van der Waals surface area contributed by atoms with Crippen LogP contribution in [0.1, 0.15) is 73.4 Å². The van der Waals surface area contributed by atoms with Gasteiger partial charge in [0.1, 0.15) is 5.82 Å². The fourth-order valence-corrected chi connectivity index (χ4v) is 4.86. The molecule has 0 atom stereocenters. The van der Waals surface area contributed by atoms with Crippen molar-refractivity contribution < 1.29 is 4.52 Å². The summed E-state index contributed by atoms with van der Waals surface area (Å²) in [6, 6.07) is 6.15. The number of hydrogen-bond acceptors (Lipinski definition) is 6. The standard InChI is InChI=1S/C21H25ClN6O/c1-3-27-11-16-10-17(22)8-9-18(16)28-19(12-27)24-25-21(28)15-6-4-14(5-7-15)20-23-13(2)29-26-20/h8-10,14-15H,3-7,11-12H2,1-2H3. The van der Waals surface area contributed by atoms with Crippen molar-refractivity contribution in [2.75, 3.05) is 6.54 Å². The monoisotopic (exact) mass is 412 g/mol. The third-order valence-corrected chi connectivity index (χ3v) is 6.48. The Kier molecular flexibility index (Phi) is 4.87. The Morgan fingerprint density at radius 2 is 1.90 bits per heavy atom. The highest BCUT2D eigenvalue weighted by Gasteiger charge is 2.32. The molecule has 3 heterocycles. The van der Waals surface area contributed by atoms with Crippen LogP contribution in [-0.2, 0) is 13.1 Å². The highest BCUT2D eigenvalue weighted by atomic mass is 35.5. The highest BCUT2D eigenvalue weighted by Crippen LogP contribution is 2.40. The van der Waals surface area contributed by atoms with Gasteiger partial charge in [-0.05, 0) is 56.0 Å². The molecule has 0 unspecified atom stereocenters. The van der Waals surface area contributed by atoms with Gasteiger partial charge >= 0.3 is 0 Å². The van der Waals surface area contributed by atoms with Gasteiger partial charge in [-0.15, -0.1) is 10.2 Å². The average Bonchev–Trinajstić information content (AvgIpc) is 3.31. The van der Waals surface area contributed by atoms with Crippen LogP contribution in [0.4, 0.5) is 0 Å². The van der Waals surface area contributed by atoms with E-state index in [1.165, 1.54) is 5.56 Å². The summed E-state index contributed by atoms with van der Waals surface area (Å²) in [5.74, 6) is 4.33. The Bertz CT molecular complexity index is 1020. The summed E-state index contributed by atoms with van der Waals surface area (Å²) in [6.07, 6.45) is 4.19. The zero-order valence-corrected chi connectivity index (χ0v) is 17.6. The third kappa shape index (κ3) is 3.46. The van der Waals surface area contributed by atoms with Crippen molar-refractivity contribution in [3.8, 4) is 5.69 Å². The Balaban J connectivity index is 1.45. The van der Waals surface area contributed by atoms with Crippen LogP contribution >= 0.6 is 11.6 Å². The van der Waals surface area contributed by atoms with Gasteiger partial charge < -0.3 is 4.52 Å². The number of aryl methyl sites for hydroxylation is 1. The molecule has 7 nitrogen and oxygen atoms in total. The lowest BCUT2D eigenvalue weighted by Crippen LogP contribution is -2.21. The molecule has 1 saturated carbocycles. The van der Waals surface area contributed by atoms with Crippen LogP contribution in [0, 0.1) is 6.92 Å². The summed E-state index contributed by atoms with van der Waals surface area (Å²) in [6.45, 7) is 6.66. The van der Waals surface area contributed by atoms with Gasteiger partial charge in [-0.2, -0.15) is 4.98 Å². The molecular weight excluding hydrogens is 388 g/mol. The van der Waals surface area contributed by atoms with Crippen LogP contribution in [0.5, 0.6) is 0 Å². The minimum absolute atomic E-state index is 0.372. The molecule has 29 heavy (non-hydrogen) atoms. The molecule has 5 rings (SSSR count). The van der Waals surface area contributed by atoms with Crippen molar-refractivity contribution in [2.45, 2.75) is 64.5 Å². The lowest BCUT2D eigenvalue weighted by Gasteiger charge is -2.26. The van der Waals surface area contributed by atoms with E-state index in [1.807, 2.05) is 13.0 Å². The van der Waals surface area contributed by atoms with E-state index < -0.39 is 0 Å². The van der Waals surface area contributed by atoms with Gasteiger partial charge in [0.2, 0.25) is 5.89 Å². The number of rotatable bonds is 3. The predicted octanol–water partition coefficient (Wildman–Crippen LogP) is 4.39. The largest absolute Gasteiger partial charge is 0.340 e. The van der Waals surface area contributed by atoms with Crippen LogP contribution in [0.2, 0.25) is 5.02 Å². The van der Waals surface area contributed by atoms with Gasteiger partial charge in [-0.25, -0.2) is 0 Å². The van der Waals surface area contributed by atoms with E-state index in [-0.39, 0.29) is 0 Å². The SMILES string of the molecule is CCN1Cc2cc(Cl)ccc2-n2c(nnc2C2CCC(c3noc(C)n3)CC2)C1. The van der Waals surface area contributed by atoms with Gasteiger partial charge in [0.25, 0.3) is 0 Å². The van der Waals surface area contributed by atoms with E-state index in [4.69, 9.17) is 16.1 Å². The van der Waals surface area contributed by atoms with Crippen molar-refractivity contribution in [3.63, 3.8) is 0 Å². The van der Waals surface area contributed by atoms with E-state index in [0.29, 0.717) is 17.7 Å². The number of hydrogen-bond donors (Lipinski definition) is 0. The van der Waals surface area contributed by atoms with Gasteiger partial charge in [0.05, 0.1) is 12.2 Å². The molecule has 2 aromatic heterocycles. The minimum atomic E-state index is 0.372. The first-order chi connectivity index (χ1) is 14.1. The normalized spacial score (nSPS) is 22.2. The second-order valence-electron chi connectivity index (χ2n) is 8.11. The Morgan fingerprint density at radius 1 is 1.10 bits per heavy atom. The fraction of sp³-hybridized carbons (Fsp3) is 0.524. The molecule has 0 bridgehead atoms. The number of halogens is 1. The van der Waals surface area contributed by atoms with Crippen LogP contribution in [0.25, 0.3) is 5.69 Å². The zero-order valence-electron chi connectivity index (χ0n) is 16.8. The van der Waals surface area contributed by atoms with E-state index >= 15 is 0 Å². The Morgan fingerprint density at radius 3 is 2.62 bits per heavy atom. The van der Waals surface area contributed by atoms with Crippen molar-refractivity contribution >= 4 is 11.6 Å². The molecule has 1 aliphatic heterocycles. The average molecular weight is 413 g/mol. The van der Waals surface area contributed by atoms with Gasteiger partial charge in [-0.1, -0.05) is 23.7 Å². The first-order valence-corrected chi connectivity index (χ1v) is 10.8. The predicted molar refractivity (Wildman–Crippen MR) is 109 cm³/mol. The molecule has 1 fully saturated rings. The lowest BCUT2D eigenvalue weighted by molar-refractivity contribution is 0.268. The quantitative estimate of drug-likeness (QED) is 0.635. The number of aromatic nitrogens is 5. The molecule has 0 amide bonds. The van der Waals surface area contributed by atoms with Crippen molar-refractivity contribution in [1.82, 2.24) is 29.8 Å². The molecule has 8 heteroatoms. The molecule has 2 aliphatic rings. The molecule has 152 valence electrons. The first-order valence-electron chi connectivity index (χ1n) is 10.4. The highest BCUT2D eigenvalue weighted by molar-refractivity contribution is 6.30. The number of nitrogens with zero attached hydrogens (tertiary/aromatic N) is 6. The zero-order chi connectivity index (χ0) is 20.0. The van der Waals surface area contributed by atoms with Gasteiger partial charge in [-0.3, -0.25) is 9.47 Å². The maximum Gasteiger partial charge on any atom is 0.223 e. The Labute approximate surface area is 175 Å². The maximum atomic E-state index is 6.31. The molecule has 1 aliphatic carbocycles. The maximum absolute atomic E-state index is 6.31. The smallest absolute Gasteiger partial charge is 0.223 e. The van der Waals surface area contributed by atoms with E-state index in [1.54, 1.807) is 0 Å². The van der Waals surface area contributed by atoms with Crippen molar-refractivity contribution in [1.29, 1.82) is 0 Å². The second kappa shape index (κ2) is 7.54. The molecule has 0 radical (unpaired) electrons. The lowest BCUT2D eigenvalue weighted by atomic mass is 9.81. The van der Waals surface area contributed by atoms with Crippen LogP contribution < -0.4 is 0 Å². The van der Waals surface area contributed by atoms with Crippen LogP contribution in [-0.4, -0.2) is 36.3 Å².